The number of carbonyl (C=O) groups excluding carboxylic acids is 1. The summed E-state index contributed by atoms with van der Waals surface area (Å²) < 4.78 is 6.09. The maximum Gasteiger partial charge on any atom is 0.229 e. The van der Waals surface area contributed by atoms with Crippen molar-refractivity contribution in [2.24, 2.45) is 5.92 Å². The molecule has 1 amide bonds. The number of halogens is 1. The van der Waals surface area contributed by atoms with E-state index in [1.165, 1.54) is 0 Å². The first-order valence-electron chi connectivity index (χ1n) is 5.72. The number of rotatable bonds is 2. The number of carbonyl (C=O) groups is 1. The van der Waals surface area contributed by atoms with Crippen LogP contribution >= 0.6 is 15.9 Å². The van der Waals surface area contributed by atoms with E-state index in [1.807, 2.05) is 13.0 Å². The van der Waals surface area contributed by atoms with Gasteiger partial charge in [0.05, 0.1) is 35.9 Å². The van der Waals surface area contributed by atoms with Crippen molar-refractivity contribution in [3.8, 4) is 6.07 Å². The van der Waals surface area contributed by atoms with Gasteiger partial charge in [0.25, 0.3) is 0 Å². The molecule has 94 valence electrons. The second-order valence-corrected chi connectivity index (χ2v) is 5.23. The van der Waals surface area contributed by atoms with Gasteiger partial charge in [0.15, 0.2) is 0 Å². The van der Waals surface area contributed by atoms with Crippen molar-refractivity contribution in [3.05, 3.63) is 28.2 Å². The first-order chi connectivity index (χ1) is 8.60. The number of hydrogen-bond donors (Lipinski definition) is 1. The Hall–Kier alpha value is -1.38. The molecular formula is C13H13BrN2O2. The summed E-state index contributed by atoms with van der Waals surface area (Å²) in [5.41, 5.74) is 1.23. The van der Waals surface area contributed by atoms with Crippen LogP contribution in [0.4, 0.5) is 5.69 Å². The summed E-state index contributed by atoms with van der Waals surface area (Å²) >= 11 is 3.34. The van der Waals surface area contributed by atoms with E-state index < -0.39 is 0 Å². The van der Waals surface area contributed by atoms with Gasteiger partial charge in [0.2, 0.25) is 5.91 Å². The van der Waals surface area contributed by atoms with E-state index in [0.29, 0.717) is 22.3 Å². The van der Waals surface area contributed by atoms with Gasteiger partial charge in [-0.25, -0.2) is 0 Å². The van der Waals surface area contributed by atoms with Gasteiger partial charge in [0, 0.05) is 4.47 Å². The highest BCUT2D eigenvalue weighted by Gasteiger charge is 2.28. The lowest BCUT2D eigenvalue weighted by molar-refractivity contribution is -0.119. The van der Waals surface area contributed by atoms with E-state index in [1.54, 1.807) is 18.2 Å². The van der Waals surface area contributed by atoms with Crippen molar-refractivity contribution in [2.45, 2.75) is 19.4 Å². The summed E-state index contributed by atoms with van der Waals surface area (Å²) in [6.45, 7) is 2.44. The Morgan fingerprint density at radius 2 is 2.39 bits per heavy atom. The SMILES string of the molecule is CC1CC(C(=O)Nc2ccc(C#N)cc2Br)CO1. The van der Waals surface area contributed by atoms with Crippen LogP contribution < -0.4 is 5.32 Å². The average Bonchev–Trinajstić information content (AvgIpc) is 2.78. The molecule has 5 heteroatoms. The number of nitrogens with one attached hydrogen (secondary N) is 1. The van der Waals surface area contributed by atoms with E-state index in [4.69, 9.17) is 10.00 Å². The van der Waals surface area contributed by atoms with Gasteiger partial charge in [-0.1, -0.05) is 0 Å². The fourth-order valence-corrected chi connectivity index (χ4v) is 2.40. The number of nitriles is 1. The molecule has 1 aliphatic heterocycles. The molecule has 0 radical (unpaired) electrons. The molecule has 0 aromatic heterocycles. The molecule has 18 heavy (non-hydrogen) atoms. The summed E-state index contributed by atoms with van der Waals surface area (Å²) in [5, 5.41) is 11.6. The van der Waals surface area contributed by atoms with Crippen LogP contribution in [0.1, 0.15) is 18.9 Å². The number of amides is 1. The van der Waals surface area contributed by atoms with E-state index in [9.17, 15) is 4.79 Å². The van der Waals surface area contributed by atoms with Crippen molar-refractivity contribution in [1.29, 1.82) is 5.26 Å². The quantitative estimate of drug-likeness (QED) is 0.913. The predicted octanol–water partition coefficient (Wildman–Crippen LogP) is 2.68. The highest BCUT2D eigenvalue weighted by Crippen LogP contribution is 2.26. The molecule has 0 aliphatic carbocycles. The Labute approximate surface area is 114 Å². The van der Waals surface area contributed by atoms with E-state index >= 15 is 0 Å². The monoisotopic (exact) mass is 308 g/mol. The van der Waals surface area contributed by atoms with Crippen molar-refractivity contribution in [2.75, 3.05) is 11.9 Å². The second kappa shape index (κ2) is 5.51. The molecule has 2 unspecified atom stereocenters. The van der Waals surface area contributed by atoms with Gasteiger partial charge >= 0.3 is 0 Å². The lowest BCUT2D eigenvalue weighted by Gasteiger charge is -2.11. The third-order valence-electron chi connectivity index (χ3n) is 2.93. The van der Waals surface area contributed by atoms with Crippen LogP contribution in [0.3, 0.4) is 0 Å². The largest absolute Gasteiger partial charge is 0.378 e. The zero-order chi connectivity index (χ0) is 13.1. The van der Waals surface area contributed by atoms with Gasteiger partial charge in [-0.15, -0.1) is 0 Å². The summed E-state index contributed by atoms with van der Waals surface area (Å²) in [4.78, 5) is 12.0. The minimum Gasteiger partial charge on any atom is -0.378 e. The standard InChI is InChI=1S/C13H13BrN2O2/c1-8-4-10(7-18-8)13(17)16-12-3-2-9(6-15)5-11(12)14/h2-3,5,8,10H,4,7H2,1H3,(H,16,17). The topological polar surface area (TPSA) is 62.1 Å². The number of hydrogen-bond acceptors (Lipinski definition) is 3. The predicted molar refractivity (Wildman–Crippen MR) is 71.0 cm³/mol. The van der Waals surface area contributed by atoms with Gasteiger partial charge in [-0.2, -0.15) is 5.26 Å². The Morgan fingerprint density at radius 1 is 1.61 bits per heavy atom. The Kier molecular flexibility index (Phi) is 4.00. The molecule has 1 saturated heterocycles. The van der Waals surface area contributed by atoms with Crippen molar-refractivity contribution in [1.82, 2.24) is 0 Å². The molecule has 0 bridgehead atoms. The highest BCUT2D eigenvalue weighted by atomic mass is 79.9. The summed E-state index contributed by atoms with van der Waals surface area (Å²) in [7, 11) is 0. The number of ether oxygens (including phenoxy) is 1. The molecule has 1 aromatic carbocycles. The van der Waals surface area contributed by atoms with Crippen LogP contribution in [0.5, 0.6) is 0 Å². The lowest BCUT2D eigenvalue weighted by Crippen LogP contribution is -2.23. The molecule has 0 spiro atoms. The van der Waals surface area contributed by atoms with E-state index in [0.717, 1.165) is 6.42 Å². The average molecular weight is 309 g/mol. The molecule has 2 atom stereocenters. The molecule has 1 heterocycles. The van der Waals surface area contributed by atoms with Crippen LogP contribution in [-0.2, 0) is 9.53 Å². The number of anilines is 1. The van der Waals surface area contributed by atoms with Crippen molar-refractivity contribution in [3.63, 3.8) is 0 Å². The lowest BCUT2D eigenvalue weighted by atomic mass is 10.1. The first-order valence-corrected chi connectivity index (χ1v) is 6.51. The zero-order valence-corrected chi connectivity index (χ0v) is 11.5. The molecule has 2 rings (SSSR count). The summed E-state index contributed by atoms with van der Waals surface area (Å²) in [6.07, 6.45) is 0.893. The Morgan fingerprint density at radius 3 is 2.94 bits per heavy atom. The third-order valence-corrected chi connectivity index (χ3v) is 3.58. The van der Waals surface area contributed by atoms with Crippen molar-refractivity contribution >= 4 is 27.5 Å². The third kappa shape index (κ3) is 2.89. The molecule has 1 aliphatic rings. The number of nitrogens with zero attached hydrogens (tertiary/aromatic N) is 1. The molecule has 1 N–H and O–H groups in total. The first kappa shape index (κ1) is 13.1. The van der Waals surface area contributed by atoms with Crippen LogP contribution in [0, 0.1) is 17.2 Å². The Bertz CT molecular complexity index is 510. The smallest absolute Gasteiger partial charge is 0.229 e. The maximum atomic E-state index is 12.0. The summed E-state index contributed by atoms with van der Waals surface area (Å²) in [6, 6.07) is 7.13. The molecule has 0 saturated carbocycles. The molecular weight excluding hydrogens is 296 g/mol. The minimum absolute atomic E-state index is 0.0373. The molecule has 4 nitrogen and oxygen atoms in total. The van der Waals surface area contributed by atoms with Gasteiger partial charge in [-0.05, 0) is 47.5 Å². The van der Waals surface area contributed by atoms with Crippen LogP contribution in [-0.4, -0.2) is 18.6 Å². The van der Waals surface area contributed by atoms with Crippen molar-refractivity contribution < 1.29 is 9.53 Å². The van der Waals surface area contributed by atoms with Crippen LogP contribution in [0.25, 0.3) is 0 Å². The Balaban J connectivity index is 2.06. The van der Waals surface area contributed by atoms with Crippen LogP contribution in [0.15, 0.2) is 22.7 Å². The van der Waals surface area contributed by atoms with Crippen LogP contribution in [0.2, 0.25) is 0 Å². The normalized spacial score (nSPS) is 22.5. The van der Waals surface area contributed by atoms with Gasteiger partial charge in [0.1, 0.15) is 0 Å². The fourth-order valence-electron chi connectivity index (χ4n) is 1.92. The maximum absolute atomic E-state index is 12.0. The van der Waals surface area contributed by atoms with E-state index in [-0.39, 0.29) is 17.9 Å². The van der Waals surface area contributed by atoms with Gasteiger partial charge < -0.3 is 10.1 Å². The highest BCUT2D eigenvalue weighted by molar-refractivity contribution is 9.10. The fraction of sp³-hybridized carbons (Fsp3) is 0.385. The van der Waals surface area contributed by atoms with Gasteiger partial charge in [-0.3, -0.25) is 4.79 Å². The number of benzene rings is 1. The second-order valence-electron chi connectivity index (χ2n) is 4.37. The van der Waals surface area contributed by atoms with E-state index in [2.05, 4.69) is 21.2 Å². The minimum atomic E-state index is -0.0949. The molecule has 1 fully saturated rings. The zero-order valence-electron chi connectivity index (χ0n) is 9.94. The summed E-state index contributed by atoms with van der Waals surface area (Å²) in [5.74, 6) is -0.132. The molecule has 1 aromatic rings.